The highest BCUT2D eigenvalue weighted by molar-refractivity contribution is 5.77. The largest absolute Gasteiger partial charge is 0.493 e. The topological polar surface area (TPSA) is 55.3 Å². The van der Waals surface area contributed by atoms with Gasteiger partial charge in [0.05, 0.1) is 36.7 Å². The van der Waals surface area contributed by atoms with Crippen molar-refractivity contribution in [3.8, 4) is 5.75 Å². The van der Waals surface area contributed by atoms with Crippen LogP contribution in [0.3, 0.4) is 0 Å². The van der Waals surface area contributed by atoms with E-state index in [0.717, 1.165) is 36.5 Å². The smallest absolute Gasteiger partial charge is 0.226 e. The Morgan fingerprint density at radius 2 is 2.13 bits per heavy atom. The van der Waals surface area contributed by atoms with E-state index >= 15 is 0 Å². The van der Waals surface area contributed by atoms with Crippen LogP contribution in [0.2, 0.25) is 0 Å². The quantitative estimate of drug-likeness (QED) is 0.852. The molecule has 1 aromatic carbocycles. The van der Waals surface area contributed by atoms with Gasteiger partial charge < -0.3 is 9.64 Å². The van der Waals surface area contributed by atoms with Gasteiger partial charge in [0.2, 0.25) is 5.91 Å². The molecular formula is C18H21N3O2. The van der Waals surface area contributed by atoms with Crippen molar-refractivity contribution < 1.29 is 9.53 Å². The fraction of sp³-hybridized carbons (Fsp3) is 0.389. The first-order chi connectivity index (χ1) is 11.2. The number of aryl methyl sites for hydroxylation is 1. The Balaban J connectivity index is 1.58. The first-order valence-corrected chi connectivity index (χ1v) is 8.00. The molecule has 1 aliphatic rings. The summed E-state index contributed by atoms with van der Waals surface area (Å²) >= 11 is 0. The maximum Gasteiger partial charge on any atom is 0.226 e. The molecule has 120 valence electrons. The van der Waals surface area contributed by atoms with E-state index < -0.39 is 0 Å². The number of hydrogen-bond acceptors (Lipinski definition) is 4. The second-order valence-corrected chi connectivity index (χ2v) is 5.74. The molecule has 1 aliphatic heterocycles. The highest BCUT2D eigenvalue weighted by Gasteiger charge is 2.30. The van der Waals surface area contributed by atoms with Crippen molar-refractivity contribution in [2.45, 2.75) is 32.2 Å². The monoisotopic (exact) mass is 311 g/mol. The van der Waals surface area contributed by atoms with Crippen molar-refractivity contribution in [3.63, 3.8) is 0 Å². The summed E-state index contributed by atoms with van der Waals surface area (Å²) in [5.41, 5.74) is 1.77. The number of carbonyl (C=O) groups is 1. The summed E-state index contributed by atoms with van der Waals surface area (Å²) in [6.45, 7) is 3.10. The average molecular weight is 311 g/mol. The number of para-hydroxylation sites is 1. The van der Waals surface area contributed by atoms with E-state index in [1.54, 1.807) is 12.4 Å². The minimum absolute atomic E-state index is 0.0478. The van der Waals surface area contributed by atoms with Crippen molar-refractivity contribution in [3.05, 3.63) is 54.1 Å². The summed E-state index contributed by atoms with van der Waals surface area (Å²) in [7, 11) is 0. The Hall–Kier alpha value is -2.43. The van der Waals surface area contributed by atoms with Crippen LogP contribution in [0, 0.1) is 6.92 Å². The van der Waals surface area contributed by atoms with Gasteiger partial charge in [-0.05, 0) is 31.9 Å². The van der Waals surface area contributed by atoms with E-state index in [-0.39, 0.29) is 11.9 Å². The summed E-state index contributed by atoms with van der Waals surface area (Å²) in [5, 5.41) is 0. The molecule has 5 heteroatoms. The molecule has 1 fully saturated rings. The van der Waals surface area contributed by atoms with Gasteiger partial charge in [0.15, 0.2) is 0 Å². The summed E-state index contributed by atoms with van der Waals surface area (Å²) in [6.07, 6.45) is 5.83. The zero-order valence-corrected chi connectivity index (χ0v) is 13.3. The van der Waals surface area contributed by atoms with E-state index in [9.17, 15) is 4.79 Å². The van der Waals surface area contributed by atoms with Gasteiger partial charge in [-0.3, -0.25) is 14.8 Å². The molecule has 3 rings (SSSR count). The Morgan fingerprint density at radius 1 is 1.30 bits per heavy atom. The second kappa shape index (κ2) is 7.22. The molecule has 2 aromatic rings. The molecule has 0 radical (unpaired) electrons. The Bertz CT molecular complexity index is 660. The van der Waals surface area contributed by atoms with Crippen molar-refractivity contribution in [2.75, 3.05) is 13.2 Å². The number of nitrogens with zero attached hydrogens (tertiary/aromatic N) is 3. The molecule has 0 aliphatic carbocycles. The first-order valence-electron chi connectivity index (χ1n) is 8.00. The number of hydrogen-bond donors (Lipinski definition) is 0. The van der Waals surface area contributed by atoms with Crippen molar-refractivity contribution in [1.29, 1.82) is 0 Å². The van der Waals surface area contributed by atoms with Gasteiger partial charge in [-0.1, -0.05) is 18.2 Å². The minimum atomic E-state index is 0.0478. The van der Waals surface area contributed by atoms with E-state index in [4.69, 9.17) is 4.74 Å². The third kappa shape index (κ3) is 3.86. The van der Waals surface area contributed by atoms with Crippen LogP contribution >= 0.6 is 0 Å². The van der Waals surface area contributed by atoms with Crippen LogP contribution in [0.5, 0.6) is 5.75 Å². The molecule has 5 nitrogen and oxygen atoms in total. The van der Waals surface area contributed by atoms with Crippen LogP contribution in [-0.4, -0.2) is 33.9 Å². The van der Waals surface area contributed by atoms with Crippen molar-refractivity contribution in [2.24, 2.45) is 0 Å². The lowest BCUT2D eigenvalue weighted by molar-refractivity contribution is -0.132. The third-order valence-electron chi connectivity index (χ3n) is 4.02. The molecule has 0 bridgehead atoms. The number of carbonyl (C=O) groups excluding carboxylic acids is 1. The van der Waals surface area contributed by atoms with Crippen LogP contribution in [0.25, 0.3) is 0 Å². The van der Waals surface area contributed by atoms with Gasteiger partial charge in [-0.15, -0.1) is 0 Å². The number of benzene rings is 1. The van der Waals surface area contributed by atoms with Crippen LogP contribution in [0.15, 0.2) is 42.7 Å². The summed E-state index contributed by atoms with van der Waals surface area (Å²) in [4.78, 5) is 23.1. The predicted molar refractivity (Wildman–Crippen MR) is 87.0 cm³/mol. The standard InChI is InChI=1S/C18H21N3O2/c1-14-12-19-13-16(20-14)17-8-5-10-21(17)18(22)9-11-23-15-6-3-2-4-7-15/h2-4,6-7,12-13,17H,5,8-11H2,1H3/t17-/m1/s1. The lowest BCUT2D eigenvalue weighted by atomic mass is 10.1. The van der Waals surface area contributed by atoms with Gasteiger partial charge >= 0.3 is 0 Å². The van der Waals surface area contributed by atoms with Gasteiger partial charge in [-0.2, -0.15) is 0 Å². The summed E-state index contributed by atoms with van der Waals surface area (Å²) in [5.74, 6) is 0.912. The molecule has 0 N–H and O–H groups in total. The Labute approximate surface area is 136 Å². The molecule has 0 unspecified atom stereocenters. The van der Waals surface area contributed by atoms with E-state index in [1.165, 1.54) is 0 Å². The normalized spacial score (nSPS) is 17.3. The predicted octanol–water partition coefficient (Wildman–Crippen LogP) is 2.92. The van der Waals surface area contributed by atoms with Crippen LogP contribution < -0.4 is 4.74 Å². The fourth-order valence-electron chi connectivity index (χ4n) is 2.93. The average Bonchev–Trinajstić information content (AvgIpc) is 3.05. The van der Waals surface area contributed by atoms with Crippen LogP contribution in [0.4, 0.5) is 0 Å². The number of likely N-dealkylation sites (tertiary alicyclic amines) is 1. The van der Waals surface area contributed by atoms with Crippen LogP contribution in [-0.2, 0) is 4.79 Å². The molecule has 1 amide bonds. The van der Waals surface area contributed by atoms with E-state index in [2.05, 4.69) is 9.97 Å². The number of amides is 1. The third-order valence-corrected chi connectivity index (χ3v) is 4.02. The molecule has 0 saturated carbocycles. The second-order valence-electron chi connectivity index (χ2n) is 5.74. The highest BCUT2D eigenvalue weighted by Crippen LogP contribution is 2.31. The zero-order valence-electron chi connectivity index (χ0n) is 13.3. The number of aromatic nitrogens is 2. The molecular weight excluding hydrogens is 290 g/mol. The molecule has 1 aromatic heterocycles. The van der Waals surface area contributed by atoms with Gasteiger partial charge in [-0.25, -0.2) is 0 Å². The number of ether oxygens (including phenoxy) is 1. The van der Waals surface area contributed by atoms with Gasteiger partial charge in [0.25, 0.3) is 0 Å². The van der Waals surface area contributed by atoms with Crippen LogP contribution in [0.1, 0.15) is 36.7 Å². The van der Waals surface area contributed by atoms with Crippen molar-refractivity contribution in [1.82, 2.24) is 14.9 Å². The molecule has 23 heavy (non-hydrogen) atoms. The minimum Gasteiger partial charge on any atom is -0.493 e. The molecule has 1 atom stereocenters. The number of rotatable bonds is 5. The molecule has 0 spiro atoms. The zero-order chi connectivity index (χ0) is 16.1. The lowest BCUT2D eigenvalue weighted by Crippen LogP contribution is -2.32. The summed E-state index contributed by atoms with van der Waals surface area (Å²) < 4.78 is 5.62. The molecule has 1 saturated heterocycles. The Morgan fingerprint density at radius 3 is 2.91 bits per heavy atom. The van der Waals surface area contributed by atoms with Gasteiger partial charge in [0.1, 0.15) is 5.75 Å². The van der Waals surface area contributed by atoms with E-state index in [0.29, 0.717) is 13.0 Å². The maximum atomic E-state index is 12.5. The lowest BCUT2D eigenvalue weighted by Gasteiger charge is -2.24. The van der Waals surface area contributed by atoms with E-state index in [1.807, 2.05) is 42.2 Å². The SMILES string of the molecule is Cc1cncc([C@H]2CCCN2C(=O)CCOc2ccccc2)n1. The fourth-order valence-corrected chi connectivity index (χ4v) is 2.93. The van der Waals surface area contributed by atoms with Gasteiger partial charge in [0, 0.05) is 12.7 Å². The summed E-state index contributed by atoms with van der Waals surface area (Å²) in [6, 6.07) is 9.62. The maximum absolute atomic E-state index is 12.5. The molecule has 2 heterocycles. The van der Waals surface area contributed by atoms with Crippen molar-refractivity contribution >= 4 is 5.91 Å². The highest BCUT2D eigenvalue weighted by atomic mass is 16.5. The first kappa shape index (κ1) is 15.5. The Kier molecular flexibility index (Phi) is 4.86.